The van der Waals surface area contributed by atoms with Crippen LogP contribution in [0.4, 0.5) is 0 Å². The predicted molar refractivity (Wildman–Crippen MR) is 70.2 cm³/mol. The average Bonchev–Trinajstić information content (AvgIpc) is 2.67. The predicted octanol–water partition coefficient (Wildman–Crippen LogP) is 3.60. The summed E-state index contributed by atoms with van der Waals surface area (Å²) in [6.45, 7) is 3.99. The van der Waals surface area contributed by atoms with Crippen LogP contribution in [0.15, 0.2) is 30.3 Å². The number of rotatable bonds is 3. The molecule has 0 aliphatic carbocycles. The van der Waals surface area contributed by atoms with E-state index in [4.69, 9.17) is 4.74 Å². The molecule has 0 N–H and O–H groups in total. The van der Waals surface area contributed by atoms with E-state index in [1.807, 2.05) is 38.1 Å². The molecule has 0 fully saturated rings. The van der Waals surface area contributed by atoms with Crippen molar-refractivity contribution in [3.05, 3.63) is 51.2 Å². The fraction of sp³-hybridized carbons (Fsp3) is 0.214. The van der Waals surface area contributed by atoms with E-state index in [0.717, 1.165) is 15.3 Å². The van der Waals surface area contributed by atoms with Gasteiger partial charge in [-0.2, -0.15) is 0 Å². The summed E-state index contributed by atoms with van der Waals surface area (Å²) < 4.78 is 5.13. The number of ether oxygens (including phenoxy) is 1. The number of methoxy groups -OCH3 is 1. The van der Waals surface area contributed by atoms with Gasteiger partial charge in [-0.25, -0.2) is 0 Å². The molecule has 0 amide bonds. The zero-order chi connectivity index (χ0) is 12.4. The van der Waals surface area contributed by atoms with Crippen LogP contribution in [0.2, 0.25) is 0 Å². The smallest absolute Gasteiger partial charge is 0.194 e. The van der Waals surface area contributed by atoms with Crippen LogP contribution in [0, 0.1) is 13.8 Å². The molecular formula is C14H14O2S. The molecule has 0 saturated carbocycles. The minimum absolute atomic E-state index is 0.0609. The molecule has 2 aromatic rings. The highest BCUT2D eigenvalue weighted by molar-refractivity contribution is 7.12. The third-order valence-electron chi connectivity index (χ3n) is 2.62. The van der Waals surface area contributed by atoms with E-state index in [1.54, 1.807) is 24.5 Å². The van der Waals surface area contributed by atoms with Crippen molar-refractivity contribution in [1.29, 1.82) is 0 Å². The fourth-order valence-electron chi connectivity index (χ4n) is 1.78. The highest BCUT2D eigenvalue weighted by Gasteiger charge is 2.14. The van der Waals surface area contributed by atoms with Crippen molar-refractivity contribution in [2.45, 2.75) is 13.8 Å². The van der Waals surface area contributed by atoms with Gasteiger partial charge in [-0.05, 0) is 32.0 Å². The molecule has 0 unspecified atom stereocenters. The lowest BCUT2D eigenvalue weighted by molar-refractivity contribution is 0.103. The minimum atomic E-state index is 0.0609. The third kappa shape index (κ3) is 2.39. The maximum atomic E-state index is 12.3. The fourth-order valence-corrected chi connectivity index (χ4v) is 2.70. The van der Waals surface area contributed by atoms with E-state index in [0.29, 0.717) is 11.3 Å². The molecule has 0 saturated heterocycles. The van der Waals surface area contributed by atoms with Crippen LogP contribution in [0.1, 0.15) is 25.7 Å². The number of benzene rings is 1. The maximum absolute atomic E-state index is 12.3. The number of ketones is 1. The lowest BCUT2D eigenvalue weighted by Crippen LogP contribution is -2.01. The van der Waals surface area contributed by atoms with Gasteiger partial charge in [0.15, 0.2) is 5.78 Å². The van der Waals surface area contributed by atoms with Crippen molar-refractivity contribution in [2.75, 3.05) is 7.11 Å². The molecule has 1 aromatic heterocycles. The van der Waals surface area contributed by atoms with Crippen molar-refractivity contribution in [2.24, 2.45) is 0 Å². The minimum Gasteiger partial charge on any atom is -0.497 e. The van der Waals surface area contributed by atoms with Gasteiger partial charge in [0.05, 0.1) is 7.11 Å². The first kappa shape index (κ1) is 11.9. The molecule has 0 bridgehead atoms. The zero-order valence-corrected chi connectivity index (χ0v) is 10.9. The molecule has 0 radical (unpaired) electrons. The molecule has 0 aliphatic heterocycles. The van der Waals surface area contributed by atoms with E-state index >= 15 is 0 Å². The van der Waals surface area contributed by atoms with E-state index in [2.05, 4.69) is 0 Å². The Bertz CT molecular complexity index is 555. The Labute approximate surface area is 105 Å². The van der Waals surface area contributed by atoms with Gasteiger partial charge in [0.25, 0.3) is 0 Å². The van der Waals surface area contributed by atoms with Gasteiger partial charge in [0.2, 0.25) is 0 Å². The molecule has 0 spiro atoms. The quantitative estimate of drug-likeness (QED) is 0.773. The van der Waals surface area contributed by atoms with Gasteiger partial charge in [-0.15, -0.1) is 11.3 Å². The monoisotopic (exact) mass is 246 g/mol. The Hall–Kier alpha value is -1.61. The van der Waals surface area contributed by atoms with Gasteiger partial charge in [-0.3, -0.25) is 4.79 Å². The largest absolute Gasteiger partial charge is 0.497 e. The van der Waals surface area contributed by atoms with E-state index in [1.165, 1.54) is 0 Å². The van der Waals surface area contributed by atoms with E-state index in [9.17, 15) is 4.79 Å². The molecule has 0 atom stereocenters. The molecule has 2 nitrogen and oxygen atoms in total. The summed E-state index contributed by atoms with van der Waals surface area (Å²) in [4.78, 5) is 14.5. The molecule has 2 rings (SSSR count). The van der Waals surface area contributed by atoms with Crippen molar-refractivity contribution >= 4 is 17.1 Å². The van der Waals surface area contributed by atoms with Gasteiger partial charge in [0.1, 0.15) is 5.75 Å². The molecule has 0 aliphatic rings. The Morgan fingerprint density at radius 1 is 1.24 bits per heavy atom. The first-order valence-electron chi connectivity index (χ1n) is 5.37. The van der Waals surface area contributed by atoms with Crippen molar-refractivity contribution in [1.82, 2.24) is 0 Å². The van der Waals surface area contributed by atoms with E-state index in [-0.39, 0.29) is 5.78 Å². The zero-order valence-electron chi connectivity index (χ0n) is 10.1. The molecule has 3 heteroatoms. The first-order chi connectivity index (χ1) is 8.11. The normalized spacial score (nSPS) is 10.3. The van der Waals surface area contributed by atoms with Crippen molar-refractivity contribution in [3.63, 3.8) is 0 Å². The summed E-state index contributed by atoms with van der Waals surface area (Å²) >= 11 is 1.65. The van der Waals surface area contributed by atoms with E-state index < -0.39 is 0 Å². The second-order valence-electron chi connectivity index (χ2n) is 3.89. The highest BCUT2D eigenvalue weighted by atomic mass is 32.1. The van der Waals surface area contributed by atoms with Crippen LogP contribution < -0.4 is 4.74 Å². The summed E-state index contributed by atoms with van der Waals surface area (Å²) in [7, 11) is 1.60. The van der Waals surface area contributed by atoms with Crippen LogP contribution >= 0.6 is 11.3 Å². The Balaban J connectivity index is 2.40. The Kier molecular flexibility index (Phi) is 3.29. The lowest BCUT2D eigenvalue weighted by Gasteiger charge is -2.03. The summed E-state index contributed by atoms with van der Waals surface area (Å²) in [5.74, 6) is 0.770. The summed E-state index contributed by atoms with van der Waals surface area (Å²) in [6, 6.07) is 9.21. The maximum Gasteiger partial charge on any atom is 0.194 e. The Morgan fingerprint density at radius 3 is 2.59 bits per heavy atom. The van der Waals surface area contributed by atoms with Gasteiger partial charge < -0.3 is 4.74 Å². The second kappa shape index (κ2) is 4.72. The number of hydrogen-bond donors (Lipinski definition) is 0. The standard InChI is InChI=1S/C14H14O2S/c1-9-7-13(10(2)17-9)14(15)11-5-4-6-12(8-11)16-3/h4-8H,1-3H3. The van der Waals surface area contributed by atoms with Crippen LogP contribution in [-0.2, 0) is 0 Å². The first-order valence-corrected chi connectivity index (χ1v) is 6.19. The highest BCUT2D eigenvalue weighted by Crippen LogP contribution is 2.24. The molecule has 88 valence electrons. The second-order valence-corrected chi connectivity index (χ2v) is 5.35. The molecule has 17 heavy (non-hydrogen) atoms. The average molecular weight is 246 g/mol. The number of carbonyl (C=O) groups excluding carboxylic acids is 1. The van der Waals surface area contributed by atoms with Crippen molar-refractivity contribution in [3.8, 4) is 5.75 Å². The summed E-state index contributed by atoms with van der Waals surface area (Å²) in [6.07, 6.45) is 0. The van der Waals surface area contributed by atoms with Crippen molar-refractivity contribution < 1.29 is 9.53 Å². The van der Waals surface area contributed by atoms with Crippen LogP contribution in [0.5, 0.6) is 5.75 Å². The van der Waals surface area contributed by atoms with Crippen LogP contribution in [-0.4, -0.2) is 12.9 Å². The topological polar surface area (TPSA) is 26.3 Å². The summed E-state index contributed by atoms with van der Waals surface area (Å²) in [5, 5.41) is 0. The lowest BCUT2D eigenvalue weighted by atomic mass is 10.0. The molecule has 1 heterocycles. The third-order valence-corrected chi connectivity index (χ3v) is 3.58. The number of thiophene rings is 1. The molecular weight excluding hydrogens is 232 g/mol. The Morgan fingerprint density at radius 2 is 2.00 bits per heavy atom. The van der Waals surface area contributed by atoms with Gasteiger partial charge in [0, 0.05) is 20.9 Å². The number of hydrogen-bond acceptors (Lipinski definition) is 3. The SMILES string of the molecule is COc1cccc(C(=O)c2cc(C)sc2C)c1. The van der Waals surface area contributed by atoms with Gasteiger partial charge in [-0.1, -0.05) is 12.1 Å². The molecule has 1 aromatic carbocycles. The van der Waals surface area contributed by atoms with Crippen LogP contribution in [0.3, 0.4) is 0 Å². The number of carbonyl (C=O) groups is 1. The summed E-state index contributed by atoms with van der Waals surface area (Å²) in [5.41, 5.74) is 1.46. The van der Waals surface area contributed by atoms with Crippen LogP contribution in [0.25, 0.3) is 0 Å². The van der Waals surface area contributed by atoms with Gasteiger partial charge >= 0.3 is 0 Å². The number of aryl methyl sites for hydroxylation is 2.